The van der Waals surface area contributed by atoms with Gasteiger partial charge in [0.2, 0.25) is 10.0 Å². The molecule has 0 aliphatic rings. The molecule has 2 N–H and O–H groups in total. The molecule has 0 amide bonds. The standard InChI is InChI=1S/C12H17F3N2O2S/c1-17(6-4-2-3-5-16)20(18,19)12-10(14)7-9(13)8-11(12)15/h7-8H,2-6,16H2,1H3. The quantitative estimate of drug-likeness (QED) is 0.782. The highest BCUT2D eigenvalue weighted by Crippen LogP contribution is 2.23. The Morgan fingerprint density at radius 2 is 1.65 bits per heavy atom. The van der Waals surface area contributed by atoms with Crippen LogP contribution < -0.4 is 5.73 Å². The van der Waals surface area contributed by atoms with Gasteiger partial charge in [0.1, 0.15) is 17.5 Å². The minimum absolute atomic E-state index is 0.110. The van der Waals surface area contributed by atoms with Crippen molar-refractivity contribution in [1.29, 1.82) is 0 Å². The fourth-order valence-electron chi connectivity index (χ4n) is 1.71. The van der Waals surface area contributed by atoms with Gasteiger partial charge in [0.25, 0.3) is 0 Å². The van der Waals surface area contributed by atoms with E-state index in [1.807, 2.05) is 0 Å². The summed E-state index contributed by atoms with van der Waals surface area (Å²) >= 11 is 0. The monoisotopic (exact) mass is 310 g/mol. The number of hydrogen-bond acceptors (Lipinski definition) is 3. The molecule has 0 aromatic heterocycles. The summed E-state index contributed by atoms with van der Waals surface area (Å²) in [5.74, 6) is -4.03. The third-order valence-corrected chi connectivity index (χ3v) is 4.72. The topological polar surface area (TPSA) is 63.4 Å². The van der Waals surface area contributed by atoms with Gasteiger partial charge in [-0.1, -0.05) is 6.42 Å². The first-order chi connectivity index (χ1) is 9.30. The molecule has 0 fully saturated rings. The van der Waals surface area contributed by atoms with Crippen LogP contribution in [0.2, 0.25) is 0 Å². The van der Waals surface area contributed by atoms with Crippen LogP contribution in [0.3, 0.4) is 0 Å². The van der Waals surface area contributed by atoms with E-state index in [4.69, 9.17) is 5.73 Å². The van der Waals surface area contributed by atoms with Gasteiger partial charge in [0, 0.05) is 25.7 Å². The van der Waals surface area contributed by atoms with Crippen LogP contribution in [0, 0.1) is 17.5 Å². The van der Waals surface area contributed by atoms with E-state index < -0.39 is 32.4 Å². The molecule has 1 aromatic carbocycles. The molecule has 0 unspecified atom stereocenters. The van der Waals surface area contributed by atoms with Crippen LogP contribution in [0.4, 0.5) is 13.2 Å². The van der Waals surface area contributed by atoms with Gasteiger partial charge in [-0.05, 0) is 19.4 Å². The van der Waals surface area contributed by atoms with Crippen LogP contribution in [0.5, 0.6) is 0 Å². The SMILES string of the molecule is CN(CCCCCN)S(=O)(=O)c1c(F)cc(F)cc1F. The molecule has 114 valence electrons. The van der Waals surface area contributed by atoms with Gasteiger partial charge in [-0.15, -0.1) is 0 Å². The Morgan fingerprint density at radius 1 is 1.10 bits per heavy atom. The van der Waals surface area contributed by atoms with Crippen molar-refractivity contribution in [3.8, 4) is 0 Å². The van der Waals surface area contributed by atoms with Gasteiger partial charge in [0.05, 0.1) is 0 Å². The van der Waals surface area contributed by atoms with Crippen LogP contribution in [0.25, 0.3) is 0 Å². The van der Waals surface area contributed by atoms with Gasteiger partial charge >= 0.3 is 0 Å². The lowest BCUT2D eigenvalue weighted by atomic mass is 10.2. The van der Waals surface area contributed by atoms with Crippen molar-refractivity contribution < 1.29 is 21.6 Å². The Labute approximate surface area is 116 Å². The van der Waals surface area contributed by atoms with Gasteiger partial charge in [-0.2, -0.15) is 0 Å². The number of halogens is 3. The van der Waals surface area contributed by atoms with E-state index >= 15 is 0 Å². The Morgan fingerprint density at radius 3 is 2.15 bits per heavy atom. The highest BCUT2D eigenvalue weighted by Gasteiger charge is 2.28. The molecule has 0 aliphatic heterocycles. The Bertz CT molecular complexity index is 541. The number of sulfonamides is 1. The zero-order valence-electron chi connectivity index (χ0n) is 11.1. The summed E-state index contributed by atoms with van der Waals surface area (Å²) in [5.41, 5.74) is 5.31. The molecule has 4 nitrogen and oxygen atoms in total. The average Bonchev–Trinajstić information content (AvgIpc) is 2.32. The summed E-state index contributed by atoms with van der Waals surface area (Å²) < 4.78 is 64.7. The van der Waals surface area contributed by atoms with Crippen LogP contribution >= 0.6 is 0 Å². The molecule has 1 rings (SSSR count). The maximum Gasteiger partial charge on any atom is 0.248 e. The third-order valence-electron chi connectivity index (χ3n) is 2.81. The normalized spacial score (nSPS) is 12.1. The van der Waals surface area contributed by atoms with Crippen LogP contribution in [0.15, 0.2) is 17.0 Å². The van der Waals surface area contributed by atoms with Crippen molar-refractivity contribution in [3.63, 3.8) is 0 Å². The predicted molar refractivity (Wildman–Crippen MR) is 69.0 cm³/mol. The largest absolute Gasteiger partial charge is 0.330 e. The number of nitrogens with two attached hydrogens (primary N) is 1. The fraction of sp³-hybridized carbons (Fsp3) is 0.500. The fourth-order valence-corrected chi connectivity index (χ4v) is 3.00. The second kappa shape index (κ2) is 7.05. The number of hydrogen-bond donors (Lipinski definition) is 1. The van der Waals surface area contributed by atoms with Crippen molar-refractivity contribution in [2.75, 3.05) is 20.1 Å². The van der Waals surface area contributed by atoms with E-state index in [0.717, 1.165) is 10.7 Å². The zero-order valence-corrected chi connectivity index (χ0v) is 11.9. The molecule has 0 bridgehead atoms. The summed E-state index contributed by atoms with van der Waals surface area (Å²) in [6, 6.07) is 0.691. The van der Waals surface area contributed by atoms with Gasteiger partial charge in [0.15, 0.2) is 4.90 Å². The smallest absolute Gasteiger partial charge is 0.248 e. The summed E-state index contributed by atoms with van der Waals surface area (Å²) in [6.45, 7) is 0.607. The molecular weight excluding hydrogens is 293 g/mol. The zero-order chi connectivity index (χ0) is 15.3. The summed E-state index contributed by atoms with van der Waals surface area (Å²) in [6.07, 6.45) is 1.98. The van der Waals surface area contributed by atoms with Gasteiger partial charge < -0.3 is 5.73 Å². The predicted octanol–water partition coefficient (Wildman–Crippen LogP) is 1.85. The molecular formula is C12H17F3N2O2S. The lowest BCUT2D eigenvalue weighted by molar-refractivity contribution is 0.435. The summed E-state index contributed by atoms with van der Waals surface area (Å²) in [5, 5.41) is 0. The number of unbranched alkanes of at least 4 members (excludes halogenated alkanes) is 2. The second-order valence-electron chi connectivity index (χ2n) is 4.37. The van der Waals surface area contributed by atoms with Crippen molar-refractivity contribution in [3.05, 3.63) is 29.6 Å². The molecule has 0 saturated carbocycles. The van der Waals surface area contributed by atoms with Gasteiger partial charge in [-0.25, -0.2) is 25.9 Å². The van der Waals surface area contributed by atoms with Crippen molar-refractivity contribution in [1.82, 2.24) is 4.31 Å². The molecule has 0 atom stereocenters. The summed E-state index contributed by atoms with van der Waals surface area (Å²) in [4.78, 5) is -1.12. The lowest BCUT2D eigenvalue weighted by Crippen LogP contribution is -2.29. The first kappa shape index (κ1) is 16.9. The Balaban J connectivity index is 2.93. The molecule has 0 radical (unpaired) electrons. The van der Waals surface area contributed by atoms with Crippen LogP contribution in [-0.4, -0.2) is 32.9 Å². The Kier molecular flexibility index (Phi) is 5.97. The third kappa shape index (κ3) is 3.94. The van der Waals surface area contributed by atoms with E-state index in [9.17, 15) is 21.6 Å². The maximum absolute atomic E-state index is 13.5. The van der Waals surface area contributed by atoms with Crippen molar-refractivity contribution in [2.24, 2.45) is 5.73 Å². The molecule has 0 aliphatic carbocycles. The molecule has 20 heavy (non-hydrogen) atoms. The van der Waals surface area contributed by atoms with Gasteiger partial charge in [-0.3, -0.25) is 0 Å². The van der Waals surface area contributed by atoms with E-state index in [-0.39, 0.29) is 6.54 Å². The number of rotatable bonds is 7. The first-order valence-corrected chi connectivity index (χ1v) is 7.55. The van der Waals surface area contributed by atoms with Crippen LogP contribution in [0.1, 0.15) is 19.3 Å². The number of benzene rings is 1. The lowest BCUT2D eigenvalue weighted by Gasteiger charge is -2.17. The molecule has 1 aromatic rings. The molecule has 0 saturated heterocycles. The number of nitrogens with zero attached hydrogens (tertiary/aromatic N) is 1. The minimum atomic E-state index is -4.32. The molecule has 0 spiro atoms. The van der Waals surface area contributed by atoms with E-state index in [1.54, 1.807) is 0 Å². The minimum Gasteiger partial charge on any atom is -0.330 e. The highest BCUT2D eigenvalue weighted by molar-refractivity contribution is 7.89. The van der Waals surface area contributed by atoms with Crippen molar-refractivity contribution >= 4 is 10.0 Å². The van der Waals surface area contributed by atoms with E-state index in [0.29, 0.717) is 31.5 Å². The molecule has 8 heteroatoms. The summed E-state index contributed by atoms with van der Waals surface area (Å²) in [7, 11) is -3.10. The molecule has 0 heterocycles. The van der Waals surface area contributed by atoms with Crippen molar-refractivity contribution in [2.45, 2.75) is 24.2 Å². The second-order valence-corrected chi connectivity index (χ2v) is 6.36. The van der Waals surface area contributed by atoms with E-state index in [2.05, 4.69) is 0 Å². The average molecular weight is 310 g/mol. The highest BCUT2D eigenvalue weighted by atomic mass is 32.2. The maximum atomic E-state index is 13.5. The van der Waals surface area contributed by atoms with Crippen LogP contribution in [-0.2, 0) is 10.0 Å². The first-order valence-electron chi connectivity index (χ1n) is 6.11. The van der Waals surface area contributed by atoms with E-state index in [1.165, 1.54) is 7.05 Å². The Hall–Kier alpha value is -1.12.